The monoisotopic (exact) mass is 303 g/mol. The molecule has 1 aliphatic heterocycles. The number of benzene rings is 2. The lowest BCUT2D eigenvalue weighted by molar-refractivity contribution is -0.123. The van der Waals surface area contributed by atoms with Crippen LogP contribution in [0.3, 0.4) is 0 Å². The third-order valence-corrected chi connectivity index (χ3v) is 4.74. The van der Waals surface area contributed by atoms with Gasteiger partial charge in [-0.3, -0.25) is 14.9 Å². The van der Waals surface area contributed by atoms with Gasteiger partial charge >= 0.3 is 0 Å². The van der Waals surface area contributed by atoms with Crippen molar-refractivity contribution in [1.82, 2.24) is 5.32 Å². The predicted molar refractivity (Wildman–Crippen MR) is 88.8 cm³/mol. The molecule has 2 aliphatic rings. The van der Waals surface area contributed by atoms with E-state index in [1.807, 2.05) is 12.1 Å². The van der Waals surface area contributed by atoms with Gasteiger partial charge in [-0.15, -0.1) is 0 Å². The third kappa shape index (κ3) is 2.38. The fourth-order valence-electron chi connectivity index (χ4n) is 3.71. The maximum absolute atomic E-state index is 12.1. The van der Waals surface area contributed by atoms with E-state index in [9.17, 15) is 9.59 Å². The van der Waals surface area contributed by atoms with Crippen LogP contribution in [0, 0.1) is 0 Å². The lowest BCUT2D eigenvalue weighted by Crippen LogP contribution is -2.24. The molecule has 0 radical (unpaired) electrons. The van der Waals surface area contributed by atoms with E-state index < -0.39 is 0 Å². The molecular formula is C20H17NO2. The lowest BCUT2D eigenvalue weighted by atomic mass is 9.79. The molecule has 0 bridgehead atoms. The summed E-state index contributed by atoms with van der Waals surface area (Å²) in [6, 6.07) is 16.7. The van der Waals surface area contributed by atoms with Gasteiger partial charge < -0.3 is 0 Å². The van der Waals surface area contributed by atoms with Crippen LogP contribution in [-0.2, 0) is 16.0 Å². The maximum atomic E-state index is 12.1. The smallest absolute Gasteiger partial charge is 0.254 e. The fourth-order valence-corrected chi connectivity index (χ4v) is 3.71. The van der Waals surface area contributed by atoms with E-state index >= 15 is 0 Å². The minimum absolute atomic E-state index is 0.0222. The molecule has 23 heavy (non-hydrogen) atoms. The Morgan fingerprint density at radius 2 is 1.65 bits per heavy atom. The number of carbonyl (C=O) groups excluding carboxylic acids is 2. The largest absolute Gasteiger partial charge is 0.289 e. The number of hydrogen-bond acceptors (Lipinski definition) is 2. The number of aryl methyl sites for hydroxylation is 1. The highest BCUT2D eigenvalue weighted by atomic mass is 16.2. The SMILES string of the molecule is O=C1C=C(C2CCCc3ccccc3-c3ccccc32)C(=O)N1. The zero-order valence-corrected chi connectivity index (χ0v) is 12.7. The van der Waals surface area contributed by atoms with Crippen LogP contribution in [0.1, 0.15) is 29.9 Å². The Bertz CT molecular complexity index is 835. The number of hydrogen-bond donors (Lipinski definition) is 1. The van der Waals surface area contributed by atoms with Crippen LogP contribution in [0.25, 0.3) is 11.1 Å². The van der Waals surface area contributed by atoms with E-state index in [0.717, 1.165) is 24.8 Å². The average molecular weight is 303 g/mol. The van der Waals surface area contributed by atoms with Gasteiger partial charge in [0, 0.05) is 17.6 Å². The van der Waals surface area contributed by atoms with E-state index in [1.165, 1.54) is 22.8 Å². The van der Waals surface area contributed by atoms with Gasteiger partial charge in [-0.25, -0.2) is 0 Å². The van der Waals surface area contributed by atoms with E-state index in [-0.39, 0.29) is 17.7 Å². The van der Waals surface area contributed by atoms with Crippen molar-refractivity contribution in [1.29, 1.82) is 0 Å². The summed E-state index contributed by atoms with van der Waals surface area (Å²) in [5, 5.41) is 2.38. The Morgan fingerprint density at radius 3 is 2.43 bits per heavy atom. The molecule has 0 saturated carbocycles. The van der Waals surface area contributed by atoms with Crippen LogP contribution in [0.4, 0.5) is 0 Å². The van der Waals surface area contributed by atoms with Crippen molar-refractivity contribution in [2.24, 2.45) is 0 Å². The van der Waals surface area contributed by atoms with Crippen LogP contribution >= 0.6 is 0 Å². The zero-order chi connectivity index (χ0) is 15.8. The molecule has 1 N–H and O–H groups in total. The first-order chi connectivity index (χ1) is 11.2. The first kappa shape index (κ1) is 13.9. The van der Waals surface area contributed by atoms with Crippen LogP contribution in [-0.4, -0.2) is 11.8 Å². The van der Waals surface area contributed by atoms with Gasteiger partial charge in [0.1, 0.15) is 0 Å². The second-order valence-electron chi connectivity index (χ2n) is 6.11. The molecule has 3 heteroatoms. The van der Waals surface area contributed by atoms with Gasteiger partial charge in [0.2, 0.25) is 0 Å². The van der Waals surface area contributed by atoms with Crippen LogP contribution in [0.15, 0.2) is 60.2 Å². The number of amides is 2. The molecule has 2 aromatic rings. The quantitative estimate of drug-likeness (QED) is 0.821. The second kappa shape index (κ2) is 5.51. The summed E-state index contributed by atoms with van der Waals surface area (Å²) in [7, 11) is 0. The summed E-state index contributed by atoms with van der Waals surface area (Å²) >= 11 is 0. The molecule has 4 rings (SSSR count). The van der Waals surface area contributed by atoms with Crippen molar-refractivity contribution in [3.8, 4) is 11.1 Å². The van der Waals surface area contributed by atoms with Gasteiger partial charge in [-0.1, -0.05) is 48.5 Å². The lowest BCUT2D eigenvalue weighted by Gasteiger charge is -2.25. The minimum Gasteiger partial charge on any atom is -0.289 e. The standard InChI is InChI=1S/C20H17NO2/c22-19-12-18(20(23)21-19)17-11-5-7-13-6-1-2-8-14(13)15-9-3-4-10-16(15)17/h1-4,6,8-10,12,17H,5,7,11H2,(H,21,22,23). The molecule has 1 atom stereocenters. The third-order valence-electron chi connectivity index (χ3n) is 4.74. The first-order valence-electron chi connectivity index (χ1n) is 7.98. The Labute approximate surface area is 135 Å². The molecular weight excluding hydrogens is 286 g/mol. The molecule has 0 spiro atoms. The van der Waals surface area contributed by atoms with Gasteiger partial charge in [0.15, 0.2) is 0 Å². The van der Waals surface area contributed by atoms with Crippen molar-refractivity contribution < 1.29 is 9.59 Å². The molecule has 1 heterocycles. The van der Waals surface area contributed by atoms with Crippen molar-refractivity contribution >= 4 is 11.8 Å². The highest BCUT2D eigenvalue weighted by Crippen LogP contribution is 2.40. The summed E-state index contributed by atoms with van der Waals surface area (Å²) in [6.07, 6.45) is 4.33. The summed E-state index contributed by atoms with van der Waals surface area (Å²) in [4.78, 5) is 23.7. The molecule has 1 aliphatic carbocycles. The van der Waals surface area contributed by atoms with Crippen LogP contribution < -0.4 is 5.32 Å². The molecule has 2 aromatic carbocycles. The fraction of sp³-hybridized carbons (Fsp3) is 0.200. The number of carbonyl (C=O) groups is 2. The molecule has 0 saturated heterocycles. The number of fused-ring (bicyclic) bond motifs is 3. The highest BCUT2D eigenvalue weighted by molar-refractivity contribution is 6.17. The summed E-state index contributed by atoms with van der Waals surface area (Å²) in [6.45, 7) is 0. The van der Waals surface area contributed by atoms with Crippen LogP contribution in [0.5, 0.6) is 0 Å². The summed E-state index contributed by atoms with van der Waals surface area (Å²) in [5.74, 6) is -0.570. The number of nitrogens with one attached hydrogen (secondary N) is 1. The van der Waals surface area contributed by atoms with Gasteiger partial charge in [-0.2, -0.15) is 0 Å². The van der Waals surface area contributed by atoms with Crippen molar-refractivity contribution in [2.45, 2.75) is 25.2 Å². The van der Waals surface area contributed by atoms with E-state index in [2.05, 4.69) is 41.7 Å². The summed E-state index contributed by atoms with van der Waals surface area (Å²) < 4.78 is 0. The zero-order valence-electron chi connectivity index (χ0n) is 12.7. The minimum atomic E-state index is -0.301. The van der Waals surface area contributed by atoms with Gasteiger partial charge in [0.25, 0.3) is 11.8 Å². The van der Waals surface area contributed by atoms with Gasteiger partial charge in [-0.05, 0) is 41.5 Å². The number of imide groups is 1. The second-order valence-corrected chi connectivity index (χ2v) is 6.11. The van der Waals surface area contributed by atoms with Crippen molar-refractivity contribution in [3.63, 3.8) is 0 Å². The molecule has 114 valence electrons. The van der Waals surface area contributed by atoms with Crippen LogP contribution in [0.2, 0.25) is 0 Å². The predicted octanol–water partition coefficient (Wildman–Crippen LogP) is 3.36. The van der Waals surface area contributed by atoms with E-state index in [1.54, 1.807) is 0 Å². The van der Waals surface area contributed by atoms with E-state index in [4.69, 9.17) is 0 Å². The first-order valence-corrected chi connectivity index (χ1v) is 7.98. The molecule has 0 aromatic heterocycles. The Hall–Kier alpha value is -2.68. The number of rotatable bonds is 1. The molecule has 0 fully saturated rings. The van der Waals surface area contributed by atoms with Crippen molar-refractivity contribution in [2.75, 3.05) is 0 Å². The van der Waals surface area contributed by atoms with Gasteiger partial charge in [0.05, 0.1) is 0 Å². The average Bonchev–Trinajstić information content (AvgIpc) is 2.88. The maximum Gasteiger partial charge on any atom is 0.254 e. The Kier molecular flexibility index (Phi) is 3.34. The highest BCUT2D eigenvalue weighted by Gasteiger charge is 2.31. The van der Waals surface area contributed by atoms with Crippen molar-refractivity contribution in [3.05, 3.63) is 71.3 Å². The molecule has 2 amide bonds. The Morgan fingerprint density at radius 1 is 0.913 bits per heavy atom. The molecule has 1 unspecified atom stereocenters. The summed E-state index contributed by atoms with van der Waals surface area (Å²) in [5.41, 5.74) is 5.48. The van der Waals surface area contributed by atoms with E-state index in [0.29, 0.717) is 5.57 Å². The molecule has 3 nitrogen and oxygen atoms in total. The topological polar surface area (TPSA) is 46.2 Å². The normalized spacial score (nSPS) is 20.0. The Balaban J connectivity index is 1.90.